The number of nitrogens with one attached hydrogen (secondary N) is 3. The Morgan fingerprint density at radius 1 is 1.35 bits per heavy atom. The lowest BCUT2D eigenvalue weighted by molar-refractivity contribution is -0.143. The number of methoxy groups -OCH3 is 1. The highest BCUT2D eigenvalue weighted by atomic mass is 32.1. The first-order valence-corrected chi connectivity index (χ1v) is 8.59. The zero-order valence-electron chi connectivity index (χ0n) is 15.1. The van der Waals surface area contributed by atoms with Crippen LogP contribution in [0.1, 0.15) is 25.6 Å². The number of nitrogens with zero attached hydrogens (tertiary/aromatic N) is 1. The molecule has 1 aromatic rings. The third kappa shape index (κ3) is 8.12. The van der Waals surface area contributed by atoms with Gasteiger partial charge < -0.3 is 30.5 Å². The number of carbonyl (C=O) groups is 3. The summed E-state index contributed by atoms with van der Waals surface area (Å²) >= 11 is 1.22. The third-order valence-corrected chi connectivity index (χ3v) is 3.73. The van der Waals surface area contributed by atoms with Crippen LogP contribution < -0.4 is 16.0 Å². The number of ether oxygens (including phenoxy) is 2. The number of aromatic nitrogens is 1. The topological polar surface area (TPSA) is 139 Å². The molecule has 0 aliphatic carbocycles. The number of rotatable bonds is 8. The van der Waals surface area contributed by atoms with Gasteiger partial charge in [0.15, 0.2) is 5.13 Å². The monoisotopic (exact) mass is 388 g/mol. The van der Waals surface area contributed by atoms with Gasteiger partial charge in [0.05, 0.1) is 25.1 Å². The number of carbonyl (C=O) groups excluding carboxylic acids is 3. The van der Waals surface area contributed by atoms with Crippen molar-refractivity contribution in [2.75, 3.05) is 25.5 Å². The summed E-state index contributed by atoms with van der Waals surface area (Å²) in [6.45, 7) is 4.70. The molecule has 1 heterocycles. The van der Waals surface area contributed by atoms with E-state index < -0.39 is 29.6 Å². The molecule has 0 aromatic carbocycles. The minimum absolute atomic E-state index is 0.0846. The number of aliphatic hydroxyl groups excluding tert-OH is 1. The highest BCUT2D eigenvalue weighted by Crippen LogP contribution is 2.17. The molecule has 0 bridgehead atoms. The number of hydrogen-bond donors (Lipinski definition) is 4. The van der Waals surface area contributed by atoms with Crippen molar-refractivity contribution >= 4 is 34.4 Å². The molecule has 0 aliphatic rings. The highest BCUT2D eigenvalue weighted by molar-refractivity contribution is 7.15. The molecule has 26 heavy (non-hydrogen) atoms. The first-order valence-electron chi connectivity index (χ1n) is 7.78. The summed E-state index contributed by atoms with van der Waals surface area (Å²) < 4.78 is 9.69. The summed E-state index contributed by atoms with van der Waals surface area (Å²) in [7, 11) is 1.18. The molecule has 0 aliphatic heterocycles. The highest BCUT2D eigenvalue weighted by Gasteiger charge is 2.25. The van der Waals surface area contributed by atoms with Crippen LogP contribution in [0, 0.1) is 0 Å². The Morgan fingerprint density at radius 3 is 2.58 bits per heavy atom. The van der Waals surface area contributed by atoms with E-state index in [0.29, 0.717) is 10.0 Å². The van der Waals surface area contributed by atoms with Crippen LogP contribution in [0.3, 0.4) is 0 Å². The van der Waals surface area contributed by atoms with Gasteiger partial charge in [0.25, 0.3) is 0 Å². The lowest BCUT2D eigenvalue weighted by Crippen LogP contribution is -2.50. The Labute approximate surface area is 155 Å². The smallest absolute Gasteiger partial charge is 0.408 e. The van der Waals surface area contributed by atoms with E-state index in [9.17, 15) is 14.4 Å². The number of esters is 1. The zero-order valence-corrected chi connectivity index (χ0v) is 15.9. The van der Waals surface area contributed by atoms with Gasteiger partial charge in [-0.15, -0.1) is 0 Å². The average molecular weight is 388 g/mol. The van der Waals surface area contributed by atoms with Crippen LogP contribution in [0.4, 0.5) is 9.93 Å². The van der Waals surface area contributed by atoms with Crippen molar-refractivity contribution < 1.29 is 29.0 Å². The molecule has 0 unspecified atom stereocenters. The summed E-state index contributed by atoms with van der Waals surface area (Å²) in [5, 5.41) is 17.1. The molecule has 0 radical (unpaired) electrons. The fourth-order valence-electron chi connectivity index (χ4n) is 1.68. The first-order chi connectivity index (χ1) is 12.1. The van der Waals surface area contributed by atoms with Crippen LogP contribution in [0.25, 0.3) is 0 Å². The van der Waals surface area contributed by atoms with Crippen molar-refractivity contribution in [1.29, 1.82) is 0 Å². The molecule has 1 rings (SSSR count). The number of hydrogen-bond acceptors (Lipinski definition) is 9. The van der Waals surface area contributed by atoms with Gasteiger partial charge in [-0.25, -0.2) is 14.6 Å². The van der Waals surface area contributed by atoms with Gasteiger partial charge in [0.1, 0.15) is 11.6 Å². The number of alkyl carbamates (subject to hydrolysis) is 1. The summed E-state index contributed by atoms with van der Waals surface area (Å²) in [5.41, 5.74) is -0.723. The normalized spacial score (nSPS) is 12.0. The molecular weight excluding hydrogens is 364 g/mol. The number of anilines is 1. The lowest BCUT2D eigenvalue weighted by Gasteiger charge is -2.22. The maximum absolute atomic E-state index is 11.9. The molecular formula is C15H24N4O6S. The molecule has 146 valence electrons. The van der Waals surface area contributed by atoms with Crippen molar-refractivity contribution in [1.82, 2.24) is 15.6 Å². The van der Waals surface area contributed by atoms with Crippen molar-refractivity contribution in [3.63, 3.8) is 0 Å². The fraction of sp³-hybridized carbons (Fsp3) is 0.600. The van der Waals surface area contributed by atoms with E-state index >= 15 is 0 Å². The summed E-state index contributed by atoms with van der Waals surface area (Å²) in [6, 6.07) is -1.08. The SMILES string of the molecule is COC(=O)[C@H](CNC(=O)CNc1ncc(CO)s1)NC(=O)OC(C)(C)C. The maximum Gasteiger partial charge on any atom is 0.408 e. The quantitative estimate of drug-likeness (QED) is 0.464. The van der Waals surface area contributed by atoms with Crippen LogP contribution in [0.5, 0.6) is 0 Å². The largest absolute Gasteiger partial charge is 0.467 e. The zero-order chi connectivity index (χ0) is 19.7. The fourth-order valence-corrected chi connectivity index (χ4v) is 2.35. The Kier molecular flexibility index (Phi) is 8.26. The third-order valence-electron chi connectivity index (χ3n) is 2.79. The van der Waals surface area contributed by atoms with Crippen molar-refractivity contribution in [2.24, 2.45) is 0 Å². The standard InChI is InChI=1S/C15H24N4O6S/c1-15(2,3)25-14(23)19-10(12(22)24-4)6-16-11(21)7-18-13-17-5-9(8-20)26-13/h5,10,20H,6-8H2,1-4H3,(H,16,21)(H,17,18)(H,19,23)/t10-/m0/s1. The van der Waals surface area contributed by atoms with Gasteiger partial charge in [-0.3, -0.25) is 4.79 Å². The molecule has 1 aromatic heterocycles. The molecule has 0 spiro atoms. The van der Waals surface area contributed by atoms with Crippen LogP contribution in [0.2, 0.25) is 0 Å². The van der Waals surface area contributed by atoms with Gasteiger partial charge in [-0.2, -0.15) is 0 Å². The number of amides is 2. The van der Waals surface area contributed by atoms with E-state index in [-0.39, 0.29) is 19.7 Å². The molecule has 10 nitrogen and oxygen atoms in total. The molecule has 0 fully saturated rings. The Bertz CT molecular complexity index is 628. The molecule has 11 heteroatoms. The summed E-state index contributed by atoms with van der Waals surface area (Å²) in [4.78, 5) is 40.1. The maximum atomic E-state index is 11.9. The number of aliphatic hydroxyl groups is 1. The van der Waals surface area contributed by atoms with Gasteiger partial charge in [-0.1, -0.05) is 11.3 Å². The molecule has 0 saturated heterocycles. The van der Waals surface area contributed by atoms with E-state index in [1.165, 1.54) is 24.6 Å². The second kappa shape index (κ2) is 9.92. The van der Waals surface area contributed by atoms with Crippen LogP contribution >= 0.6 is 11.3 Å². The predicted octanol–water partition coefficient (Wildman–Crippen LogP) is 0.230. The van der Waals surface area contributed by atoms with E-state index in [1.807, 2.05) is 0 Å². The Balaban J connectivity index is 2.48. The molecule has 4 N–H and O–H groups in total. The van der Waals surface area contributed by atoms with E-state index in [1.54, 1.807) is 20.8 Å². The van der Waals surface area contributed by atoms with Crippen LogP contribution in [-0.4, -0.2) is 59.9 Å². The molecule has 2 amide bonds. The van der Waals surface area contributed by atoms with Crippen LogP contribution in [0.15, 0.2) is 6.20 Å². The van der Waals surface area contributed by atoms with Gasteiger partial charge in [0, 0.05) is 12.7 Å². The van der Waals surface area contributed by atoms with Crippen molar-refractivity contribution in [3.05, 3.63) is 11.1 Å². The summed E-state index contributed by atoms with van der Waals surface area (Å²) in [6.07, 6.45) is 0.711. The average Bonchev–Trinajstić information content (AvgIpc) is 3.02. The Hall–Kier alpha value is -2.40. The lowest BCUT2D eigenvalue weighted by atomic mass is 10.2. The predicted molar refractivity (Wildman–Crippen MR) is 94.7 cm³/mol. The summed E-state index contributed by atoms with van der Waals surface area (Å²) in [5.74, 6) is -1.12. The minimum Gasteiger partial charge on any atom is -0.467 e. The van der Waals surface area contributed by atoms with Crippen molar-refractivity contribution in [2.45, 2.75) is 39.0 Å². The van der Waals surface area contributed by atoms with Gasteiger partial charge in [-0.05, 0) is 20.8 Å². The first kappa shape index (κ1) is 21.6. The van der Waals surface area contributed by atoms with E-state index in [0.717, 1.165) is 0 Å². The second-order valence-corrected chi connectivity index (χ2v) is 7.28. The van der Waals surface area contributed by atoms with Gasteiger partial charge >= 0.3 is 12.1 Å². The van der Waals surface area contributed by atoms with Crippen LogP contribution in [-0.2, 0) is 25.7 Å². The second-order valence-electron chi connectivity index (χ2n) is 6.17. The van der Waals surface area contributed by atoms with E-state index in [4.69, 9.17) is 9.84 Å². The number of thiazole rings is 1. The minimum atomic E-state index is -1.08. The molecule has 1 atom stereocenters. The van der Waals surface area contributed by atoms with E-state index in [2.05, 4.69) is 25.7 Å². The Morgan fingerprint density at radius 2 is 2.04 bits per heavy atom. The molecule has 0 saturated carbocycles. The van der Waals surface area contributed by atoms with Gasteiger partial charge in [0.2, 0.25) is 5.91 Å². The van der Waals surface area contributed by atoms with Crippen molar-refractivity contribution in [3.8, 4) is 0 Å².